The Hall–Kier alpha value is -2.34. The summed E-state index contributed by atoms with van der Waals surface area (Å²) < 4.78 is 5.86. The summed E-state index contributed by atoms with van der Waals surface area (Å²) in [7, 11) is 0. The molecule has 4 N–H and O–H groups in total. The van der Waals surface area contributed by atoms with Crippen LogP contribution in [-0.2, 0) is 6.42 Å². The predicted molar refractivity (Wildman–Crippen MR) is 105 cm³/mol. The molecule has 1 aromatic carbocycles. The van der Waals surface area contributed by atoms with Crippen LogP contribution in [0.5, 0.6) is 5.75 Å². The fourth-order valence-corrected chi connectivity index (χ4v) is 2.71. The molecule has 1 heterocycles. The van der Waals surface area contributed by atoms with Crippen LogP contribution in [0.2, 0.25) is 0 Å². The maximum atomic E-state index is 9.51. The van der Waals surface area contributed by atoms with Gasteiger partial charge in [0.2, 0.25) is 5.95 Å². The van der Waals surface area contributed by atoms with Gasteiger partial charge in [0.05, 0.1) is 12.8 Å². The van der Waals surface area contributed by atoms with Crippen molar-refractivity contribution in [2.75, 3.05) is 30.8 Å². The minimum atomic E-state index is 0.154. The van der Waals surface area contributed by atoms with Crippen LogP contribution in [0.15, 0.2) is 36.5 Å². The number of aliphatic hydroxyl groups is 1. The number of nitrogens with two attached hydrogens (primary N) is 1. The lowest BCUT2D eigenvalue weighted by Gasteiger charge is -2.17. The topological polar surface area (TPSA) is 93.3 Å². The van der Waals surface area contributed by atoms with Gasteiger partial charge in [0.15, 0.2) is 11.6 Å². The van der Waals surface area contributed by atoms with E-state index in [1.807, 2.05) is 18.2 Å². The summed E-state index contributed by atoms with van der Waals surface area (Å²) in [6.07, 6.45) is 6.67. The lowest BCUT2D eigenvalue weighted by Crippen LogP contribution is -2.19. The van der Waals surface area contributed by atoms with Gasteiger partial charge in [-0.1, -0.05) is 50.1 Å². The highest BCUT2D eigenvalue weighted by Gasteiger charge is 2.11. The first-order valence-electron chi connectivity index (χ1n) is 9.37. The van der Waals surface area contributed by atoms with Gasteiger partial charge < -0.3 is 20.9 Å². The zero-order valence-corrected chi connectivity index (χ0v) is 15.5. The number of hydrogen-bond donors (Lipinski definition) is 3. The Kier molecular flexibility index (Phi) is 8.69. The molecule has 0 aliphatic rings. The molecule has 0 aliphatic carbocycles. The first-order valence-corrected chi connectivity index (χ1v) is 9.37. The fourth-order valence-electron chi connectivity index (χ4n) is 2.71. The van der Waals surface area contributed by atoms with Crippen molar-refractivity contribution < 1.29 is 9.84 Å². The van der Waals surface area contributed by atoms with E-state index < -0.39 is 0 Å². The molecule has 1 aromatic heterocycles. The molecule has 0 saturated carbocycles. The van der Waals surface area contributed by atoms with Gasteiger partial charge in [-0.3, -0.25) is 0 Å². The van der Waals surface area contributed by atoms with Crippen LogP contribution < -0.4 is 15.8 Å². The summed E-state index contributed by atoms with van der Waals surface area (Å²) in [6, 6.07) is 10.3. The second-order valence-corrected chi connectivity index (χ2v) is 6.45. The molecular weight excluding hydrogens is 328 g/mol. The van der Waals surface area contributed by atoms with Gasteiger partial charge in [-0.15, -0.1) is 0 Å². The Morgan fingerprint density at radius 1 is 1.23 bits per heavy atom. The van der Waals surface area contributed by atoms with Crippen molar-refractivity contribution >= 4 is 11.8 Å². The molecule has 0 bridgehead atoms. The fraction of sp³-hybridized carbons (Fsp3) is 0.500. The molecule has 6 heteroatoms. The first-order chi connectivity index (χ1) is 12.7. The van der Waals surface area contributed by atoms with Crippen LogP contribution >= 0.6 is 0 Å². The minimum Gasteiger partial charge on any atom is -0.488 e. The maximum absolute atomic E-state index is 9.51. The minimum absolute atomic E-state index is 0.154. The van der Waals surface area contributed by atoms with Crippen molar-refractivity contribution in [3.63, 3.8) is 0 Å². The van der Waals surface area contributed by atoms with Gasteiger partial charge >= 0.3 is 0 Å². The van der Waals surface area contributed by atoms with Crippen LogP contribution in [0.25, 0.3) is 0 Å². The van der Waals surface area contributed by atoms with Crippen molar-refractivity contribution in [3.8, 4) is 5.75 Å². The largest absolute Gasteiger partial charge is 0.488 e. The van der Waals surface area contributed by atoms with Crippen molar-refractivity contribution in [1.82, 2.24) is 9.97 Å². The van der Waals surface area contributed by atoms with E-state index in [-0.39, 0.29) is 18.5 Å². The van der Waals surface area contributed by atoms with Crippen molar-refractivity contribution in [2.24, 2.45) is 5.92 Å². The van der Waals surface area contributed by atoms with Crippen LogP contribution in [0, 0.1) is 5.92 Å². The lowest BCUT2D eigenvalue weighted by atomic mass is 10.0. The zero-order valence-electron chi connectivity index (χ0n) is 15.5. The molecule has 0 radical (unpaired) electrons. The second kappa shape index (κ2) is 11.3. The number of benzene rings is 1. The number of nitrogens with zero attached hydrogens (tertiary/aromatic N) is 2. The number of unbranched alkanes of at least 4 members (excludes halogenated alkanes) is 1. The molecule has 1 atom stereocenters. The Bertz CT molecular complexity index is 637. The van der Waals surface area contributed by atoms with E-state index in [1.165, 1.54) is 5.56 Å². The van der Waals surface area contributed by atoms with Crippen LogP contribution in [0.4, 0.5) is 11.8 Å². The van der Waals surface area contributed by atoms with Crippen LogP contribution in [0.3, 0.4) is 0 Å². The van der Waals surface area contributed by atoms with E-state index in [4.69, 9.17) is 10.5 Å². The van der Waals surface area contributed by atoms with Crippen LogP contribution in [-0.4, -0.2) is 34.8 Å². The molecule has 26 heavy (non-hydrogen) atoms. The monoisotopic (exact) mass is 358 g/mol. The van der Waals surface area contributed by atoms with Crippen molar-refractivity contribution in [1.29, 1.82) is 0 Å². The second-order valence-electron chi connectivity index (χ2n) is 6.45. The molecule has 0 saturated heterocycles. The molecule has 142 valence electrons. The van der Waals surface area contributed by atoms with E-state index in [9.17, 15) is 5.11 Å². The van der Waals surface area contributed by atoms with E-state index in [0.717, 1.165) is 32.1 Å². The van der Waals surface area contributed by atoms with Gasteiger partial charge in [-0.2, -0.15) is 4.98 Å². The summed E-state index contributed by atoms with van der Waals surface area (Å²) in [4.78, 5) is 8.27. The lowest BCUT2D eigenvalue weighted by molar-refractivity contribution is 0.223. The smallest absolute Gasteiger partial charge is 0.222 e. The molecule has 2 rings (SSSR count). The third-order valence-electron chi connectivity index (χ3n) is 4.27. The van der Waals surface area contributed by atoms with E-state index in [0.29, 0.717) is 24.7 Å². The number of nitrogens with one attached hydrogen (secondary N) is 1. The summed E-state index contributed by atoms with van der Waals surface area (Å²) in [5, 5.41) is 12.8. The normalized spacial score (nSPS) is 11.9. The molecule has 0 amide bonds. The average Bonchev–Trinajstić information content (AvgIpc) is 2.67. The highest BCUT2D eigenvalue weighted by molar-refractivity contribution is 5.51. The predicted octanol–water partition coefficient (Wildman–Crippen LogP) is 3.28. The first kappa shape index (κ1) is 20.0. The standard InChI is InChI=1S/C20H30N4O2/c1-2-3-8-17(15-25)13-22-19-18(14-23-20(21)24-19)26-12-7-11-16-9-5-4-6-10-16/h4-6,9-10,14,17,25H,2-3,7-8,11-13,15H2,1H3,(H3,21,22,23,24)/t17-/m1/s1. The third kappa shape index (κ3) is 6.88. The zero-order chi connectivity index (χ0) is 18.6. The number of aromatic nitrogens is 2. The summed E-state index contributed by atoms with van der Waals surface area (Å²) in [6.45, 7) is 3.51. The summed E-state index contributed by atoms with van der Waals surface area (Å²) in [5.74, 6) is 1.59. The number of aliphatic hydroxyl groups excluding tert-OH is 1. The molecule has 0 spiro atoms. The Morgan fingerprint density at radius 3 is 2.77 bits per heavy atom. The highest BCUT2D eigenvalue weighted by atomic mass is 16.5. The molecule has 0 aliphatic heterocycles. The average molecular weight is 358 g/mol. The quantitative estimate of drug-likeness (QED) is 0.504. The van der Waals surface area contributed by atoms with Gasteiger partial charge in [0.25, 0.3) is 0 Å². The highest BCUT2D eigenvalue weighted by Crippen LogP contribution is 2.23. The van der Waals surface area contributed by atoms with Gasteiger partial charge in [-0.05, 0) is 30.7 Å². The van der Waals surface area contributed by atoms with Gasteiger partial charge in [0.1, 0.15) is 0 Å². The third-order valence-corrected chi connectivity index (χ3v) is 4.27. The SMILES string of the molecule is CCCC[C@@H](CO)CNc1nc(N)ncc1OCCCc1ccccc1. The molecule has 6 nitrogen and oxygen atoms in total. The van der Waals surface area contributed by atoms with E-state index in [1.54, 1.807) is 6.20 Å². The molecule has 0 unspecified atom stereocenters. The number of rotatable bonds is 12. The van der Waals surface area contributed by atoms with E-state index in [2.05, 4.69) is 34.3 Å². The van der Waals surface area contributed by atoms with Crippen molar-refractivity contribution in [3.05, 3.63) is 42.1 Å². The number of hydrogen-bond acceptors (Lipinski definition) is 6. The molecular formula is C20H30N4O2. The molecule has 2 aromatic rings. The van der Waals surface area contributed by atoms with Crippen molar-refractivity contribution in [2.45, 2.75) is 39.0 Å². The van der Waals surface area contributed by atoms with E-state index >= 15 is 0 Å². The van der Waals surface area contributed by atoms with Gasteiger partial charge in [0, 0.05) is 13.2 Å². The number of aryl methyl sites for hydroxylation is 1. The Labute approximate surface area is 155 Å². The number of ether oxygens (including phenoxy) is 1. The maximum Gasteiger partial charge on any atom is 0.222 e. The number of nitrogen functional groups attached to an aromatic ring is 1. The Morgan fingerprint density at radius 2 is 2.04 bits per heavy atom. The van der Waals surface area contributed by atoms with Crippen LogP contribution in [0.1, 0.15) is 38.2 Å². The van der Waals surface area contributed by atoms with Gasteiger partial charge in [-0.25, -0.2) is 4.98 Å². The molecule has 0 fully saturated rings. The summed E-state index contributed by atoms with van der Waals surface area (Å²) in [5.41, 5.74) is 7.01. The Balaban J connectivity index is 1.85. The summed E-state index contributed by atoms with van der Waals surface area (Å²) >= 11 is 0. The number of anilines is 2.